The van der Waals surface area contributed by atoms with Crippen LogP contribution < -0.4 is 0 Å². The lowest BCUT2D eigenvalue weighted by atomic mass is 9.96. The lowest BCUT2D eigenvalue weighted by Crippen LogP contribution is -2.32. The number of unbranched alkanes of at least 4 members (excludes halogenated alkanes) is 1. The molecule has 1 aliphatic rings. The number of carbonyl (C=O) groups is 2. The Labute approximate surface area is 172 Å². The number of benzene rings is 1. The Morgan fingerprint density at radius 2 is 2.14 bits per heavy atom. The van der Waals surface area contributed by atoms with Crippen LogP contribution in [0.5, 0.6) is 0 Å². The number of hydrogen-bond donors (Lipinski definition) is 1. The summed E-state index contributed by atoms with van der Waals surface area (Å²) in [7, 11) is 0. The van der Waals surface area contributed by atoms with Gasteiger partial charge in [0.15, 0.2) is 11.5 Å². The van der Waals surface area contributed by atoms with Crippen molar-refractivity contribution >= 4 is 34.3 Å². The summed E-state index contributed by atoms with van der Waals surface area (Å²) in [5.74, 6) is -1.59. The zero-order chi connectivity index (χ0) is 20.5. The Morgan fingerprint density at radius 1 is 1.31 bits per heavy atom. The molecule has 7 heteroatoms. The average molecular weight is 411 g/mol. The number of aliphatic hydroxyl groups excluding tert-OH is 1. The highest BCUT2D eigenvalue weighted by molar-refractivity contribution is 6.31. The monoisotopic (exact) mass is 410 g/mol. The van der Waals surface area contributed by atoms with Crippen LogP contribution >= 0.6 is 11.6 Å². The summed E-state index contributed by atoms with van der Waals surface area (Å²) in [5, 5.41) is 11.8. The van der Waals surface area contributed by atoms with Gasteiger partial charge in [-0.05, 0) is 42.3 Å². The van der Waals surface area contributed by atoms with Gasteiger partial charge in [-0.15, -0.1) is 0 Å². The lowest BCUT2D eigenvalue weighted by molar-refractivity contribution is -0.129. The van der Waals surface area contributed by atoms with Gasteiger partial charge in [-0.3, -0.25) is 14.6 Å². The molecule has 29 heavy (non-hydrogen) atoms. The van der Waals surface area contributed by atoms with Crippen LogP contribution in [0.2, 0.25) is 5.02 Å². The van der Waals surface area contributed by atoms with Crippen molar-refractivity contribution in [3.05, 3.63) is 76.5 Å². The molecule has 1 amide bonds. The van der Waals surface area contributed by atoms with E-state index < -0.39 is 23.5 Å². The fourth-order valence-corrected chi connectivity index (χ4v) is 3.77. The van der Waals surface area contributed by atoms with Gasteiger partial charge >= 0.3 is 0 Å². The SMILES string of the molecule is CCCCN1C(=O)C(O)=C(C(=O)c2cc3cc(Cl)ccc3o2)C1c1cccnc1. The first-order chi connectivity index (χ1) is 14.0. The van der Waals surface area contributed by atoms with Crippen molar-refractivity contribution in [2.45, 2.75) is 25.8 Å². The van der Waals surface area contributed by atoms with Crippen molar-refractivity contribution in [3.8, 4) is 0 Å². The fourth-order valence-electron chi connectivity index (χ4n) is 3.59. The Balaban J connectivity index is 1.79. The predicted octanol–water partition coefficient (Wildman–Crippen LogP) is 4.86. The van der Waals surface area contributed by atoms with E-state index in [0.29, 0.717) is 28.1 Å². The second-order valence-corrected chi connectivity index (χ2v) is 7.36. The van der Waals surface area contributed by atoms with Gasteiger partial charge in [0.25, 0.3) is 5.91 Å². The van der Waals surface area contributed by atoms with Crippen LogP contribution in [0, 0.1) is 0 Å². The van der Waals surface area contributed by atoms with Crippen LogP contribution in [0.3, 0.4) is 0 Å². The molecule has 0 saturated carbocycles. The number of carbonyl (C=O) groups excluding carboxylic acids is 2. The summed E-state index contributed by atoms with van der Waals surface area (Å²) in [4.78, 5) is 31.7. The summed E-state index contributed by atoms with van der Waals surface area (Å²) in [6.45, 7) is 2.43. The van der Waals surface area contributed by atoms with E-state index in [9.17, 15) is 14.7 Å². The normalized spacial score (nSPS) is 16.8. The van der Waals surface area contributed by atoms with Crippen molar-refractivity contribution < 1.29 is 19.1 Å². The van der Waals surface area contributed by atoms with Gasteiger partial charge in [0.05, 0.1) is 11.6 Å². The van der Waals surface area contributed by atoms with E-state index in [1.165, 1.54) is 4.90 Å². The van der Waals surface area contributed by atoms with Gasteiger partial charge in [0.1, 0.15) is 5.58 Å². The van der Waals surface area contributed by atoms with Crippen LogP contribution in [0.25, 0.3) is 11.0 Å². The zero-order valence-electron chi connectivity index (χ0n) is 15.8. The van der Waals surface area contributed by atoms with Crippen LogP contribution in [0.4, 0.5) is 0 Å². The highest BCUT2D eigenvalue weighted by Gasteiger charge is 2.44. The molecule has 4 rings (SSSR count). The molecule has 0 fully saturated rings. The quantitative estimate of drug-likeness (QED) is 0.586. The molecule has 1 aliphatic heterocycles. The Morgan fingerprint density at radius 3 is 2.86 bits per heavy atom. The number of pyridine rings is 1. The summed E-state index contributed by atoms with van der Waals surface area (Å²) in [6, 6.07) is 9.41. The first-order valence-corrected chi connectivity index (χ1v) is 9.77. The highest BCUT2D eigenvalue weighted by Crippen LogP contribution is 2.39. The van der Waals surface area contributed by atoms with E-state index in [2.05, 4.69) is 4.98 Å². The molecule has 6 nitrogen and oxygen atoms in total. The number of nitrogens with zero attached hydrogens (tertiary/aromatic N) is 2. The molecule has 1 N–H and O–H groups in total. The van der Waals surface area contributed by atoms with Crippen LogP contribution in [-0.4, -0.2) is 33.2 Å². The van der Waals surface area contributed by atoms with E-state index >= 15 is 0 Å². The third-order valence-electron chi connectivity index (χ3n) is 5.00. The minimum atomic E-state index is -0.716. The Hall–Kier alpha value is -3.12. The van der Waals surface area contributed by atoms with Crippen LogP contribution in [-0.2, 0) is 4.79 Å². The maximum atomic E-state index is 13.3. The van der Waals surface area contributed by atoms with Gasteiger partial charge in [0, 0.05) is 29.3 Å². The molecule has 3 heterocycles. The first-order valence-electron chi connectivity index (χ1n) is 9.39. The van der Waals surface area contributed by atoms with Crippen molar-refractivity contribution in [1.29, 1.82) is 0 Å². The third kappa shape index (κ3) is 3.40. The van der Waals surface area contributed by atoms with E-state index in [4.69, 9.17) is 16.0 Å². The topological polar surface area (TPSA) is 83.6 Å². The first kappa shape index (κ1) is 19.2. The number of aliphatic hydroxyl groups is 1. The van der Waals surface area contributed by atoms with Crippen molar-refractivity contribution in [3.63, 3.8) is 0 Å². The van der Waals surface area contributed by atoms with Crippen LogP contribution in [0.1, 0.15) is 41.9 Å². The van der Waals surface area contributed by atoms with E-state index in [0.717, 1.165) is 12.8 Å². The molecule has 0 saturated heterocycles. The predicted molar refractivity (Wildman–Crippen MR) is 109 cm³/mol. The molecular weight excluding hydrogens is 392 g/mol. The van der Waals surface area contributed by atoms with Crippen molar-refractivity contribution in [1.82, 2.24) is 9.88 Å². The van der Waals surface area contributed by atoms with Gasteiger partial charge in [-0.2, -0.15) is 0 Å². The Bertz CT molecular complexity index is 1120. The van der Waals surface area contributed by atoms with Crippen molar-refractivity contribution in [2.75, 3.05) is 6.54 Å². The fraction of sp³-hybridized carbons (Fsp3) is 0.227. The van der Waals surface area contributed by atoms with Gasteiger partial charge in [-0.1, -0.05) is 31.0 Å². The molecule has 1 atom stereocenters. The number of rotatable bonds is 6. The Kier molecular flexibility index (Phi) is 5.11. The van der Waals surface area contributed by atoms with E-state index in [-0.39, 0.29) is 11.3 Å². The minimum absolute atomic E-state index is 0.00394. The number of fused-ring (bicyclic) bond motifs is 1. The van der Waals surface area contributed by atoms with Gasteiger partial charge < -0.3 is 14.4 Å². The molecule has 0 aliphatic carbocycles. The van der Waals surface area contributed by atoms with Gasteiger partial charge in [-0.25, -0.2) is 0 Å². The number of halogens is 1. The number of aromatic nitrogens is 1. The summed E-state index contributed by atoms with van der Waals surface area (Å²) in [5.41, 5.74) is 1.16. The highest BCUT2D eigenvalue weighted by atomic mass is 35.5. The molecule has 0 bridgehead atoms. The molecule has 0 spiro atoms. The molecule has 1 unspecified atom stereocenters. The van der Waals surface area contributed by atoms with Crippen molar-refractivity contribution in [2.24, 2.45) is 0 Å². The average Bonchev–Trinajstić information content (AvgIpc) is 3.25. The molecular formula is C22H19ClN2O4. The lowest BCUT2D eigenvalue weighted by Gasteiger charge is -2.26. The summed E-state index contributed by atoms with van der Waals surface area (Å²) in [6.07, 6.45) is 4.84. The molecule has 1 aromatic carbocycles. The minimum Gasteiger partial charge on any atom is -0.503 e. The summed E-state index contributed by atoms with van der Waals surface area (Å²) >= 11 is 6.01. The number of hydrogen-bond acceptors (Lipinski definition) is 5. The number of amides is 1. The zero-order valence-corrected chi connectivity index (χ0v) is 16.5. The van der Waals surface area contributed by atoms with Gasteiger partial charge in [0.2, 0.25) is 5.78 Å². The molecule has 0 radical (unpaired) electrons. The maximum absolute atomic E-state index is 13.3. The standard InChI is InChI=1S/C22H19ClN2O4/c1-2-3-9-25-19(13-5-4-8-24-12-13)18(21(27)22(25)28)20(26)17-11-14-10-15(23)6-7-16(14)29-17/h4-8,10-12,19,27H,2-3,9H2,1H3. The number of ketones is 1. The molecule has 2 aromatic heterocycles. The van der Waals surface area contributed by atoms with E-state index in [1.807, 2.05) is 6.92 Å². The summed E-state index contributed by atoms with van der Waals surface area (Å²) < 4.78 is 5.68. The number of Topliss-reactive ketones (excluding diaryl/α,β-unsaturated/α-hetero) is 1. The molecule has 148 valence electrons. The van der Waals surface area contributed by atoms with E-state index in [1.54, 1.807) is 48.8 Å². The molecule has 3 aromatic rings. The van der Waals surface area contributed by atoms with Crippen LogP contribution in [0.15, 0.2) is 64.5 Å². The second kappa shape index (κ2) is 7.72. The largest absolute Gasteiger partial charge is 0.503 e. The third-order valence-corrected chi connectivity index (χ3v) is 5.24. The maximum Gasteiger partial charge on any atom is 0.290 e. The smallest absolute Gasteiger partial charge is 0.290 e. The number of furan rings is 1. The second-order valence-electron chi connectivity index (χ2n) is 6.93.